The van der Waals surface area contributed by atoms with Crippen LogP contribution in [-0.2, 0) is 4.74 Å². The summed E-state index contributed by atoms with van der Waals surface area (Å²) < 4.78 is 10.9. The fourth-order valence-electron chi connectivity index (χ4n) is 1.66. The summed E-state index contributed by atoms with van der Waals surface area (Å²) in [5, 5.41) is 10.6. The van der Waals surface area contributed by atoms with Gasteiger partial charge in [0.15, 0.2) is 0 Å². The molecule has 1 unspecified atom stereocenters. The van der Waals surface area contributed by atoms with Gasteiger partial charge in [0, 0.05) is 11.6 Å². The first kappa shape index (κ1) is 11.9. The minimum absolute atomic E-state index is 0.101. The zero-order valence-corrected chi connectivity index (χ0v) is 10.1. The Morgan fingerprint density at radius 2 is 2.18 bits per heavy atom. The van der Waals surface area contributed by atoms with Crippen molar-refractivity contribution in [2.75, 3.05) is 6.61 Å². The predicted molar refractivity (Wildman–Crippen MR) is 62.3 cm³/mol. The Morgan fingerprint density at radius 1 is 1.53 bits per heavy atom. The summed E-state index contributed by atoms with van der Waals surface area (Å²) in [7, 11) is 0. The lowest BCUT2D eigenvalue weighted by Crippen LogP contribution is -2.12. The molecule has 1 aromatic rings. The van der Waals surface area contributed by atoms with E-state index in [-0.39, 0.29) is 17.4 Å². The minimum Gasteiger partial charge on any atom is -0.491 e. The lowest BCUT2D eigenvalue weighted by atomic mass is 10.1. The second kappa shape index (κ2) is 4.00. The van der Waals surface area contributed by atoms with E-state index in [9.17, 15) is 10.1 Å². The van der Waals surface area contributed by atoms with E-state index >= 15 is 0 Å². The minimum atomic E-state index is -0.397. The van der Waals surface area contributed by atoms with Crippen LogP contribution in [-0.4, -0.2) is 23.2 Å². The van der Waals surface area contributed by atoms with Crippen LogP contribution in [0.2, 0.25) is 0 Å². The van der Waals surface area contributed by atoms with Crippen molar-refractivity contribution in [2.45, 2.75) is 32.5 Å². The summed E-state index contributed by atoms with van der Waals surface area (Å²) in [6.45, 7) is 6.18. The van der Waals surface area contributed by atoms with Gasteiger partial charge in [-0.2, -0.15) is 0 Å². The van der Waals surface area contributed by atoms with Crippen LogP contribution in [0.25, 0.3) is 0 Å². The predicted octanol–water partition coefficient (Wildman–Crippen LogP) is 2.46. The van der Waals surface area contributed by atoms with E-state index in [0.717, 1.165) is 0 Å². The highest BCUT2D eigenvalue weighted by molar-refractivity contribution is 5.44. The molecule has 5 nitrogen and oxygen atoms in total. The van der Waals surface area contributed by atoms with E-state index in [1.165, 1.54) is 6.07 Å². The second-order valence-corrected chi connectivity index (χ2v) is 4.73. The molecule has 0 amide bonds. The lowest BCUT2D eigenvalue weighted by molar-refractivity contribution is -0.385. The van der Waals surface area contributed by atoms with Crippen molar-refractivity contribution in [2.24, 2.45) is 0 Å². The van der Waals surface area contributed by atoms with E-state index in [0.29, 0.717) is 17.9 Å². The Bertz CT molecular complexity index is 456. The first-order valence-electron chi connectivity index (χ1n) is 5.46. The van der Waals surface area contributed by atoms with Gasteiger partial charge in [0.2, 0.25) is 0 Å². The molecule has 1 aromatic carbocycles. The van der Waals surface area contributed by atoms with Crippen molar-refractivity contribution < 1.29 is 14.4 Å². The van der Waals surface area contributed by atoms with Crippen LogP contribution in [0.5, 0.6) is 5.75 Å². The Hall–Kier alpha value is -1.62. The third-order valence-corrected chi connectivity index (χ3v) is 2.93. The maximum Gasteiger partial charge on any atom is 0.272 e. The summed E-state index contributed by atoms with van der Waals surface area (Å²) >= 11 is 0. The van der Waals surface area contributed by atoms with Gasteiger partial charge in [-0.15, -0.1) is 0 Å². The molecule has 0 spiro atoms. The van der Waals surface area contributed by atoms with Crippen LogP contribution < -0.4 is 4.74 Å². The van der Waals surface area contributed by atoms with Crippen molar-refractivity contribution in [3.05, 3.63) is 33.9 Å². The van der Waals surface area contributed by atoms with Gasteiger partial charge < -0.3 is 9.47 Å². The summed E-state index contributed by atoms with van der Waals surface area (Å²) in [5.74, 6) is 0.638. The maximum absolute atomic E-state index is 10.6. The molecule has 1 aliphatic rings. The van der Waals surface area contributed by atoms with Crippen molar-refractivity contribution >= 4 is 5.69 Å². The molecular weight excluding hydrogens is 222 g/mol. The quantitative estimate of drug-likeness (QED) is 0.458. The molecular formula is C12H15NO4. The molecule has 17 heavy (non-hydrogen) atoms. The first-order valence-corrected chi connectivity index (χ1v) is 5.46. The van der Waals surface area contributed by atoms with Gasteiger partial charge in [-0.3, -0.25) is 10.1 Å². The van der Waals surface area contributed by atoms with E-state index in [1.807, 2.05) is 13.8 Å². The molecule has 0 saturated carbocycles. The highest BCUT2D eigenvalue weighted by atomic mass is 16.6. The SMILES string of the molecule is Cc1cc(OCC2OC2(C)C)ccc1[N+](=O)[O-]. The molecule has 0 aromatic heterocycles. The molecule has 2 rings (SSSR count). The molecule has 1 heterocycles. The van der Waals surface area contributed by atoms with Gasteiger partial charge in [0.25, 0.3) is 5.69 Å². The monoisotopic (exact) mass is 237 g/mol. The normalized spacial score (nSPS) is 21.0. The number of rotatable bonds is 4. The number of hydrogen-bond donors (Lipinski definition) is 0. The van der Waals surface area contributed by atoms with Crippen molar-refractivity contribution in [1.82, 2.24) is 0 Å². The topological polar surface area (TPSA) is 64.9 Å². The summed E-state index contributed by atoms with van der Waals surface area (Å²) in [6.07, 6.45) is 0.109. The van der Waals surface area contributed by atoms with Crippen molar-refractivity contribution in [3.63, 3.8) is 0 Å². The van der Waals surface area contributed by atoms with E-state index in [2.05, 4.69) is 0 Å². The second-order valence-electron chi connectivity index (χ2n) is 4.73. The standard InChI is InChI=1S/C12H15NO4/c1-8-6-9(4-5-10(8)13(14)15)16-7-11-12(2,3)17-11/h4-6,11H,7H2,1-3H3. The van der Waals surface area contributed by atoms with Crippen LogP contribution in [0.1, 0.15) is 19.4 Å². The lowest BCUT2D eigenvalue weighted by Gasteiger charge is -2.06. The van der Waals surface area contributed by atoms with Gasteiger partial charge >= 0.3 is 0 Å². The molecule has 0 bridgehead atoms. The van der Waals surface area contributed by atoms with Crippen LogP contribution in [0.4, 0.5) is 5.69 Å². The third-order valence-electron chi connectivity index (χ3n) is 2.93. The summed E-state index contributed by atoms with van der Waals surface area (Å²) in [4.78, 5) is 10.2. The van der Waals surface area contributed by atoms with Crippen LogP contribution in [0.15, 0.2) is 18.2 Å². The maximum atomic E-state index is 10.6. The highest BCUT2D eigenvalue weighted by Gasteiger charge is 2.48. The van der Waals surface area contributed by atoms with E-state index in [1.54, 1.807) is 19.1 Å². The van der Waals surface area contributed by atoms with Gasteiger partial charge in [-0.1, -0.05) is 0 Å². The summed E-state index contributed by atoms with van der Waals surface area (Å²) in [6, 6.07) is 4.75. The molecule has 1 saturated heterocycles. The van der Waals surface area contributed by atoms with Crippen molar-refractivity contribution in [1.29, 1.82) is 0 Å². The number of benzene rings is 1. The number of nitro groups is 1. The molecule has 0 aliphatic carbocycles. The van der Waals surface area contributed by atoms with Crippen LogP contribution in [0, 0.1) is 17.0 Å². The average Bonchev–Trinajstić information content (AvgIpc) is 2.83. The van der Waals surface area contributed by atoms with Gasteiger partial charge in [-0.05, 0) is 32.9 Å². The van der Waals surface area contributed by atoms with E-state index < -0.39 is 4.92 Å². The van der Waals surface area contributed by atoms with Crippen molar-refractivity contribution in [3.8, 4) is 5.75 Å². The third kappa shape index (κ3) is 2.55. The number of aryl methyl sites for hydroxylation is 1. The molecule has 1 atom stereocenters. The Kier molecular flexibility index (Phi) is 2.79. The smallest absolute Gasteiger partial charge is 0.272 e. The molecule has 1 aliphatic heterocycles. The molecule has 5 heteroatoms. The molecule has 0 radical (unpaired) electrons. The number of hydrogen-bond acceptors (Lipinski definition) is 4. The molecule has 92 valence electrons. The van der Waals surface area contributed by atoms with Gasteiger partial charge in [-0.25, -0.2) is 0 Å². The van der Waals surface area contributed by atoms with Gasteiger partial charge in [0.05, 0.1) is 10.5 Å². The summed E-state index contributed by atoms with van der Waals surface area (Å²) in [5.41, 5.74) is 0.611. The Balaban J connectivity index is 1.98. The number of epoxide rings is 1. The van der Waals surface area contributed by atoms with E-state index in [4.69, 9.17) is 9.47 Å². The van der Waals surface area contributed by atoms with Gasteiger partial charge in [0.1, 0.15) is 18.5 Å². The fraction of sp³-hybridized carbons (Fsp3) is 0.500. The number of ether oxygens (including phenoxy) is 2. The molecule has 0 N–H and O–H groups in total. The average molecular weight is 237 g/mol. The number of nitrogens with zero attached hydrogens (tertiary/aromatic N) is 1. The van der Waals surface area contributed by atoms with Crippen LogP contribution >= 0.6 is 0 Å². The fourth-order valence-corrected chi connectivity index (χ4v) is 1.66. The van der Waals surface area contributed by atoms with Crippen LogP contribution in [0.3, 0.4) is 0 Å². The zero-order chi connectivity index (χ0) is 12.6. The zero-order valence-electron chi connectivity index (χ0n) is 10.1. The Morgan fingerprint density at radius 3 is 2.65 bits per heavy atom. The largest absolute Gasteiger partial charge is 0.491 e. The molecule has 1 fully saturated rings. The Labute approximate surface area is 99.5 Å². The highest BCUT2D eigenvalue weighted by Crippen LogP contribution is 2.35. The number of nitro benzene ring substituents is 1. The first-order chi connectivity index (χ1) is 7.90.